The Bertz CT molecular complexity index is 571. The van der Waals surface area contributed by atoms with Gasteiger partial charge in [-0.15, -0.1) is 0 Å². The van der Waals surface area contributed by atoms with E-state index < -0.39 is 24.7 Å². The fourth-order valence-corrected chi connectivity index (χ4v) is 2.41. The summed E-state index contributed by atoms with van der Waals surface area (Å²) < 4.78 is 36.0. The normalized spacial score (nSPS) is 12.8. The molecule has 25 heavy (non-hydrogen) atoms. The van der Waals surface area contributed by atoms with Gasteiger partial charge in [0.25, 0.3) is 5.91 Å². The molecule has 140 valence electrons. The second-order valence-corrected chi connectivity index (χ2v) is 6.15. The van der Waals surface area contributed by atoms with Crippen LogP contribution in [-0.2, 0) is 11.2 Å². The largest absolute Gasteiger partial charge is 0.405 e. The van der Waals surface area contributed by atoms with Crippen LogP contribution in [0, 0.1) is 5.92 Å². The summed E-state index contributed by atoms with van der Waals surface area (Å²) in [6, 6.07) is 6.94. The number of carbonyl (C=O) groups is 2. The van der Waals surface area contributed by atoms with E-state index in [4.69, 9.17) is 0 Å². The predicted octanol–water partition coefficient (Wildman–Crippen LogP) is 1.90. The fraction of sp³-hybridized carbons (Fsp3) is 0.529. The van der Waals surface area contributed by atoms with Gasteiger partial charge in [0, 0.05) is 11.5 Å². The maximum Gasteiger partial charge on any atom is 0.405 e. The molecule has 1 rings (SSSR count). The highest BCUT2D eigenvalue weighted by Crippen LogP contribution is 2.18. The molecule has 0 radical (unpaired) electrons. The van der Waals surface area contributed by atoms with Crippen molar-refractivity contribution >= 4 is 11.9 Å². The number of rotatable bonds is 7. The van der Waals surface area contributed by atoms with E-state index in [0.717, 1.165) is 12.0 Å². The first-order valence-corrected chi connectivity index (χ1v) is 8.19. The molecule has 0 spiro atoms. The zero-order chi connectivity index (χ0) is 19.0. The van der Waals surface area contributed by atoms with Crippen molar-refractivity contribution in [1.82, 2.24) is 10.6 Å². The third-order valence-electron chi connectivity index (χ3n) is 3.75. The van der Waals surface area contributed by atoms with Crippen molar-refractivity contribution in [3.05, 3.63) is 35.4 Å². The van der Waals surface area contributed by atoms with Crippen LogP contribution >= 0.6 is 0 Å². The standard InChI is InChI=1S/C17H24F3N3O2/c1-4-12-5-7-13(8-6-12)15(11(2)3)21-9-14(24)23-16(25)22-10-17(18,19)20/h5-8,11,15,21H,4,9-10H2,1-3H3,(H2,22,23,24,25)/p+1/t15-/m1/s1. The molecule has 0 aliphatic carbocycles. The third-order valence-corrected chi connectivity index (χ3v) is 3.75. The van der Waals surface area contributed by atoms with Crippen LogP contribution in [0.4, 0.5) is 18.0 Å². The van der Waals surface area contributed by atoms with Crippen LogP contribution in [0.3, 0.4) is 0 Å². The summed E-state index contributed by atoms with van der Waals surface area (Å²) in [5, 5.41) is 5.27. The Labute approximate surface area is 145 Å². The van der Waals surface area contributed by atoms with Gasteiger partial charge < -0.3 is 10.6 Å². The first-order chi connectivity index (χ1) is 11.6. The molecule has 0 unspecified atom stereocenters. The molecule has 0 fully saturated rings. The fourth-order valence-electron chi connectivity index (χ4n) is 2.41. The second-order valence-electron chi connectivity index (χ2n) is 6.15. The number of carbonyl (C=O) groups excluding carboxylic acids is 2. The summed E-state index contributed by atoms with van der Waals surface area (Å²) >= 11 is 0. The first kappa shape index (κ1) is 21.0. The van der Waals surface area contributed by atoms with E-state index >= 15 is 0 Å². The molecule has 4 N–H and O–H groups in total. The predicted molar refractivity (Wildman–Crippen MR) is 87.8 cm³/mol. The number of alkyl halides is 3. The minimum Gasteiger partial charge on any atom is -0.332 e. The zero-order valence-corrected chi connectivity index (χ0v) is 14.6. The van der Waals surface area contributed by atoms with E-state index in [9.17, 15) is 22.8 Å². The number of quaternary nitrogens is 1. The van der Waals surface area contributed by atoms with E-state index in [1.807, 2.05) is 43.4 Å². The Morgan fingerprint density at radius 1 is 1.16 bits per heavy atom. The molecule has 1 atom stereocenters. The topological polar surface area (TPSA) is 74.8 Å². The lowest BCUT2D eigenvalue weighted by Crippen LogP contribution is -2.88. The summed E-state index contributed by atoms with van der Waals surface area (Å²) in [6.07, 6.45) is -3.58. The lowest BCUT2D eigenvalue weighted by Gasteiger charge is -2.19. The van der Waals surface area contributed by atoms with E-state index in [-0.39, 0.29) is 18.5 Å². The molecule has 0 aliphatic heterocycles. The average molecular weight is 360 g/mol. The Hall–Kier alpha value is -2.09. The number of aryl methyl sites for hydroxylation is 1. The maximum atomic E-state index is 12.0. The molecule has 0 aliphatic rings. The number of hydrogen-bond acceptors (Lipinski definition) is 2. The number of amides is 3. The molecule has 0 saturated carbocycles. The Morgan fingerprint density at radius 2 is 1.76 bits per heavy atom. The molecule has 0 aromatic heterocycles. The van der Waals surface area contributed by atoms with Crippen LogP contribution in [-0.4, -0.2) is 31.2 Å². The lowest BCUT2D eigenvalue weighted by atomic mass is 9.95. The summed E-state index contributed by atoms with van der Waals surface area (Å²) in [4.78, 5) is 23.0. The average Bonchev–Trinajstić information content (AvgIpc) is 2.52. The number of urea groups is 1. The van der Waals surface area contributed by atoms with Crippen LogP contribution in [0.5, 0.6) is 0 Å². The van der Waals surface area contributed by atoms with Gasteiger partial charge in [0.15, 0.2) is 6.54 Å². The van der Waals surface area contributed by atoms with Crippen molar-refractivity contribution in [2.24, 2.45) is 5.92 Å². The minimum atomic E-state index is -4.51. The van der Waals surface area contributed by atoms with Crippen LogP contribution in [0.25, 0.3) is 0 Å². The minimum absolute atomic E-state index is 0.00916. The van der Waals surface area contributed by atoms with Crippen LogP contribution in [0.15, 0.2) is 24.3 Å². The lowest BCUT2D eigenvalue weighted by molar-refractivity contribution is -0.692. The first-order valence-electron chi connectivity index (χ1n) is 8.19. The summed E-state index contributed by atoms with van der Waals surface area (Å²) in [5.74, 6) is -0.408. The van der Waals surface area contributed by atoms with Gasteiger partial charge >= 0.3 is 12.2 Å². The quantitative estimate of drug-likeness (QED) is 0.695. The van der Waals surface area contributed by atoms with E-state index in [0.29, 0.717) is 0 Å². The molecule has 0 bridgehead atoms. The third kappa shape index (κ3) is 8.02. The molecule has 8 heteroatoms. The molecule has 1 aromatic carbocycles. The molecular formula is C17H25F3N3O2+. The summed E-state index contributed by atoms with van der Waals surface area (Å²) in [6.45, 7) is 4.56. The highest BCUT2D eigenvalue weighted by Gasteiger charge is 2.28. The van der Waals surface area contributed by atoms with Crippen LogP contribution in [0.1, 0.15) is 37.9 Å². The molecule has 5 nitrogen and oxygen atoms in total. The molecule has 0 saturated heterocycles. The van der Waals surface area contributed by atoms with Crippen molar-refractivity contribution in [2.75, 3.05) is 13.1 Å². The highest BCUT2D eigenvalue weighted by molar-refractivity contribution is 5.94. The van der Waals surface area contributed by atoms with Gasteiger partial charge in [0.05, 0.1) is 0 Å². The van der Waals surface area contributed by atoms with Crippen molar-refractivity contribution in [2.45, 2.75) is 39.4 Å². The van der Waals surface area contributed by atoms with Gasteiger partial charge in [-0.05, 0) is 12.0 Å². The number of hydrogen-bond donors (Lipinski definition) is 3. The van der Waals surface area contributed by atoms with Gasteiger partial charge in [-0.2, -0.15) is 13.2 Å². The Morgan fingerprint density at radius 3 is 2.24 bits per heavy atom. The monoisotopic (exact) mass is 360 g/mol. The SMILES string of the molecule is CCc1ccc([C@H]([NH2+]CC(=O)NC(=O)NCC(F)(F)F)C(C)C)cc1. The van der Waals surface area contributed by atoms with Gasteiger partial charge in [0.1, 0.15) is 12.6 Å². The van der Waals surface area contributed by atoms with Gasteiger partial charge in [-0.25, -0.2) is 4.79 Å². The summed E-state index contributed by atoms with van der Waals surface area (Å²) in [7, 11) is 0. The van der Waals surface area contributed by atoms with Gasteiger partial charge in [-0.3, -0.25) is 10.1 Å². The van der Waals surface area contributed by atoms with Crippen molar-refractivity contribution in [3.8, 4) is 0 Å². The zero-order valence-electron chi connectivity index (χ0n) is 14.6. The Kier molecular flexibility index (Phi) is 7.89. The number of halogens is 3. The smallest absolute Gasteiger partial charge is 0.332 e. The van der Waals surface area contributed by atoms with Crippen LogP contribution in [0.2, 0.25) is 0 Å². The molecule has 3 amide bonds. The molecule has 0 heterocycles. The van der Waals surface area contributed by atoms with Gasteiger partial charge in [0.2, 0.25) is 0 Å². The second kappa shape index (κ2) is 9.41. The number of nitrogens with two attached hydrogens (primary N) is 1. The van der Waals surface area contributed by atoms with Gasteiger partial charge in [-0.1, -0.05) is 45.0 Å². The van der Waals surface area contributed by atoms with E-state index in [1.165, 1.54) is 5.56 Å². The van der Waals surface area contributed by atoms with E-state index in [1.54, 1.807) is 10.6 Å². The maximum absolute atomic E-state index is 12.0. The number of imide groups is 1. The van der Waals surface area contributed by atoms with Crippen molar-refractivity contribution in [1.29, 1.82) is 0 Å². The van der Waals surface area contributed by atoms with E-state index in [2.05, 4.69) is 6.92 Å². The van der Waals surface area contributed by atoms with Crippen molar-refractivity contribution < 1.29 is 28.1 Å². The van der Waals surface area contributed by atoms with Crippen LogP contribution < -0.4 is 16.0 Å². The molecular weight excluding hydrogens is 335 g/mol. The van der Waals surface area contributed by atoms with Crippen molar-refractivity contribution in [3.63, 3.8) is 0 Å². The molecule has 1 aromatic rings. The number of benzene rings is 1. The number of nitrogens with one attached hydrogen (secondary N) is 2. The highest BCUT2D eigenvalue weighted by atomic mass is 19.4. The summed E-state index contributed by atoms with van der Waals surface area (Å²) in [5.41, 5.74) is 2.27. The Balaban J connectivity index is 2.53.